The van der Waals surface area contributed by atoms with E-state index >= 15 is 0 Å². The number of nitrogens with one attached hydrogen (secondary N) is 1. The Kier molecular flexibility index (Phi) is 13.2. The first kappa shape index (κ1) is 26.2. The third kappa shape index (κ3) is 9.93. The van der Waals surface area contributed by atoms with Crippen molar-refractivity contribution in [3.05, 3.63) is 30.3 Å². The summed E-state index contributed by atoms with van der Waals surface area (Å²) in [6.07, 6.45) is 3.37. The van der Waals surface area contributed by atoms with Gasteiger partial charge in [0.2, 0.25) is 0 Å². The third-order valence-corrected chi connectivity index (χ3v) is 5.51. The number of piperazine rings is 1. The van der Waals surface area contributed by atoms with Crippen molar-refractivity contribution in [2.24, 2.45) is 4.99 Å². The number of rotatable bonds is 10. The van der Waals surface area contributed by atoms with Gasteiger partial charge in [-0.2, -0.15) is 0 Å². The van der Waals surface area contributed by atoms with Crippen molar-refractivity contribution in [3.63, 3.8) is 0 Å². The highest BCUT2D eigenvalue weighted by Crippen LogP contribution is 2.11. The average Bonchev–Trinajstić information content (AvgIpc) is 2.80. The molecule has 0 spiro atoms. The quantitative estimate of drug-likeness (QED) is 0.211. The number of ether oxygens (including phenoxy) is 3. The Hall–Kier alpha value is -1.10. The summed E-state index contributed by atoms with van der Waals surface area (Å²) in [6, 6.07) is 10.0. The fourth-order valence-corrected chi connectivity index (χ4v) is 3.76. The Morgan fingerprint density at radius 2 is 1.84 bits per heavy atom. The minimum atomic E-state index is 0. The van der Waals surface area contributed by atoms with E-state index in [-0.39, 0.29) is 24.0 Å². The molecular formula is C23H39IN4O3. The van der Waals surface area contributed by atoms with Gasteiger partial charge in [0.25, 0.3) is 0 Å². The molecule has 1 aromatic rings. The molecule has 2 heterocycles. The zero-order valence-electron chi connectivity index (χ0n) is 18.8. The van der Waals surface area contributed by atoms with Crippen LogP contribution in [-0.2, 0) is 9.47 Å². The number of para-hydroxylation sites is 1. The maximum absolute atomic E-state index is 5.95. The van der Waals surface area contributed by atoms with Gasteiger partial charge in [-0.3, -0.25) is 9.89 Å². The van der Waals surface area contributed by atoms with Gasteiger partial charge in [-0.15, -0.1) is 24.0 Å². The van der Waals surface area contributed by atoms with Crippen molar-refractivity contribution >= 4 is 29.9 Å². The number of guanidine groups is 1. The molecule has 3 rings (SSSR count). The van der Waals surface area contributed by atoms with E-state index in [1.54, 1.807) is 0 Å². The van der Waals surface area contributed by atoms with Gasteiger partial charge in [-0.25, -0.2) is 0 Å². The predicted octanol–water partition coefficient (Wildman–Crippen LogP) is 2.85. The van der Waals surface area contributed by atoms with Gasteiger partial charge in [0.15, 0.2) is 5.96 Å². The van der Waals surface area contributed by atoms with Crippen LogP contribution in [0.3, 0.4) is 0 Å². The summed E-state index contributed by atoms with van der Waals surface area (Å²) in [6.45, 7) is 12.0. The van der Waals surface area contributed by atoms with Crippen molar-refractivity contribution < 1.29 is 14.2 Å². The summed E-state index contributed by atoms with van der Waals surface area (Å²) in [5.74, 6) is 1.97. The fraction of sp³-hybridized carbons (Fsp3) is 0.696. The van der Waals surface area contributed by atoms with Gasteiger partial charge in [0.05, 0.1) is 6.10 Å². The van der Waals surface area contributed by atoms with Crippen molar-refractivity contribution in [2.75, 3.05) is 72.2 Å². The molecule has 0 amide bonds. The van der Waals surface area contributed by atoms with Crippen molar-refractivity contribution in [3.8, 4) is 5.75 Å². The second kappa shape index (κ2) is 15.7. The number of benzene rings is 1. The molecule has 0 aliphatic carbocycles. The Labute approximate surface area is 204 Å². The van der Waals surface area contributed by atoms with E-state index in [9.17, 15) is 0 Å². The summed E-state index contributed by atoms with van der Waals surface area (Å²) < 4.78 is 17.2. The van der Waals surface area contributed by atoms with E-state index in [1.165, 1.54) is 0 Å². The molecule has 1 N–H and O–H groups in total. The molecule has 2 saturated heterocycles. The smallest absolute Gasteiger partial charge is 0.194 e. The van der Waals surface area contributed by atoms with Gasteiger partial charge < -0.3 is 24.4 Å². The molecular weight excluding hydrogens is 507 g/mol. The first-order valence-corrected chi connectivity index (χ1v) is 11.5. The topological polar surface area (TPSA) is 58.6 Å². The van der Waals surface area contributed by atoms with Crippen LogP contribution in [0.15, 0.2) is 35.3 Å². The lowest BCUT2D eigenvalue weighted by molar-refractivity contribution is -0.0318. The molecule has 1 aromatic carbocycles. The van der Waals surface area contributed by atoms with Crippen LogP contribution in [0.4, 0.5) is 0 Å². The lowest BCUT2D eigenvalue weighted by atomic mass is 10.1. The zero-order chi connectivity index (χ0) is 20.9. The lowest BCUT2D eigenvalue weighted by Crippen LogP contribution is -2.53. The van der Waals surface area contributed by atoms with Crippen LogP contribution in [0.1, 0.15) is 26.2 Å². The van der Waals surface area contributed by atoms with Gasteiger partial charge >= 0.3 is 0 Å². The molecule has 2 aliphatic rings. The Morgan fingerprint density at radius 1 is 1.10 bits per heavy atom. The standard InChI is InChI=1S/C23H38N4O3.HI/c1-2-24-23(25-11-6-17-29-22-9-18-28-19-10-22)27-14-12-26(13-15-27)16-20-30-21-7-4-3-5-8-21;/h3-5,7-8,22H,2,6,9-20H2,1H3,(H,24,25);1H. The number of hydrogen-bond donors (Lipinski definition) is 1. The highest BCUT2D eigenvalue weighted by atomic mass is 127. The van der Waals surface area contributed by atoms with Crippen molar-refractivity contribution in [1.29, 1.82) is 0 Å². The van der Waals surface area contributed by atoms with Crippen LogP contribution in [-0.4, -0.2) is 94.1 Å². The predicted molar refractivity (Wildman–Crippen MR) is 136 cm³/mol. The first-order chi connectivity index (χ1) is 14.8. The van der Waals surface area contributed by atoms with E-state index in [2.05, 4.69) is 22.0 Å². The lowest BCUT2D eigenvalue weighted by Gasteiger charge is -2.36. The Bertz CT molecular complexity index is 606. The molecule has 0 saturated carbocycles. The van der Waals surface area contributed by atoms with Gasteiger partial charge in [-0.05, 0) is 38.3 Å². The van der Waals surface area contributed by atoms with Crippen molar-refractivity contribution in [1.82, 2.24) is 15.1 Å². The maximum atomic E-state index is 5.95. The number of halogens is 1. The van der Waals surface area contributed by atoms with Crippen molar-refractivity contribution in [2.45, 2.75) is 32.3 Å². The average molecular weight is 546 g/mol. The van der Waals surface area contributed by atoms with Gasteiger partial charge in [-0.1, -0.05) is 18.2 Å². The minimum Gasteiger partial charge on any atom is -0.492 e. The summed E-state index contributed by atoms with van der Waals surface area (Å²) in [5.41, 5.74) is 0. The van der Waals surface area contributed by atoms with Crippen LogP contribution in [0.25, 0.3) is 0 Å². The largest absolute Gasteiger partial charge is 0.492 e. The van der Waals surface area contributed by atoms with Crippen LogP contribution in [0, 0.1) is 0 Å². The molecule has 176 valence electrons. The van der Waals surface area contributed by atoms with E-state index in [0.717, 1.165) is 103 Å². The molecule has 7 nitrogen and oxygen atoms in total. The highest BCUT2D eigenvalue weighted by molar-refractivity contribution is 14.0. The second-order valence-corrected chi connectivity index (χ2v) is 7.76. The number of hydrogen-bond acceptors (Lipinski definition) is 5. The molecule has 0 radical (unpaired) electrons. The van der Waals surface area contributed by atoms with Crippen LogP contribution < -0.4 is 10.1 Å². The molecule has 2 aliphatic heterocycles. The maximum Gasteiger partial charge on any atom is 0.194 e. The summed E-state index contributed by atoms with van der Waals surface area (Å²) in [7, 11) is 0. The van der Waals surface area contributed by atoms with Crippen LogP contribution in [0.2, 0.25) is 0 Å². The normalized spacial score (nSPS) is 18.5. The Morgan fingerprint density at radius 3 is 2.55 bits per heavy atom. The second-order valence-electron chi connectivity index (χ2n) is 7.76. The first-order valence-electron chi connectivity index (χ1n) is 11.5. The Balaban J connectivity index is 0.00000341. The van der Waals surface area contributed by atoms with E-state index in [0.29, 0.717) is 6.10 Å². The summed E-state index contributed by atoms with van der Waals surface area (Å²) in [4.78, 5) is 9.67. The van der Waals surface area contributed by atoms with Crippen LogP contribution >= 0.6 is 24.0 Å². The van der Waals surface area contributed by atoms with E-state index < -0.39 is 0 Å². The third-order valence-electron chi connectivity index (χ3n) is 5.51. The number of nitrogens with zero attached hydrogens (tertiary/aromatic N) is 3. The van der Waals surface area contributed by atoms with E-state index in [1.807, 2.05) is 30.3 Å². The summed E-state index contributed by atoms with van der Waals surface area (Å²) in [5, 5.41) is 3.45. The molecule has 2 fully saturated rings. The molecule has 8 heteroatoms. The highest BCUT2D eigenvalue weighted by Gasteiger charge is 2.19. The molecule has 31 heavy (non-hydrogen) atoms. The SMILES string of the molecule is CCNC(=NCCCOC1CCOCC1)N1CCN(CCOc2ccccc2)CC1.I. The number of aliphatic imine (C=N–C) groups is 1. The molecule has 0 bridgehead atoms. The zero-order valence-corrected chi connectivity index (χ0v) is 21.2. The summed E-state index contributed by atoms with van der Waals surface area (Å²) >= 11 is 0. The minimum absolute atomic E-state index is 0. The fourth-order valence-electron chi connectivity index (χ4n) is 3.76. The molecule has 0 unspecified atom stereocenters. The monoisotopic (exact) mass is 546 g/mol. The van der Waals surface area contributed by atoms with E-state index in [4.69, 9.17) is 19.2 Å². The van der Waals surface area contributed by atoms with Gasteiger partial charge in [0, 0.05) is 65.6 Å². The molecule has 0 aromatic heterocycles. The van der Waals surface area contributed by atoms with Gasteiger partial charge in [0.1, 0.15) is 12.4 Å². The molecule has 0 atom stereocenters. The van der Waals surface area contributed by atoms with Crippen LogP contribution in [0.5, 0.6) is 5.75 Å².